The Kier molecular flexibility index (Phi) is 4.01. The molecule has 0 spiro atoms. The molecule has 0 atom stereocenters. The Morgan fingerprint density at radius 1 is 1.35 bits per heavy atom. The van der Waals surface area contributed by atoms with Crippen LogP contribution >= 0.6 is 0 Å². The van der Waals surface area contributed by atoms with E-state index in [1.807, 2.05) is 4.90 Å². The number of rotatable bonds is 2. The number of carboxylic acid groups (broad SMARTS) is 1. The second-order valence-corrected chi connectivity index (χ2v) is 4.61. The van der Waals surface area contributed by atoms with Crippen LogP contribution in [0.2, 0.25) is 0 Å². The van der Waals surface area contributed by atoms with Crippen molar-refractivity contribution in [2.45, 2.75) is 25.1 Å². The Balaban J connectivity index is 1.95. The molecular weight excluding hydrogens is 275 g/mol. The van der Waals surface area contributed by atoms with Gasteiger partial charge in [0.1, 0.15) is 5.82 Å². The molecule has 5 nitrogen and oxygen atoms in total. The summed E-state index contributed by atoms with van der Waals surface area (Å²) >= 11 is 0. The maximum Gasteiger partial charge on any atom is 0.417 e. The summed E-state index contributed by atoms with van der Waals surface area (Å²) in [6.07, 6.45) is -3.42. The summed E-state index contributed by atoms with van der Waals surface area (Å²) in [6, 6.07) is 2.23. The molecule has 110 valence electrons. The SMILES string of the molecule is O=C(O)NC1CCN(c2ccc(C(F)(F)F)cn2)CC1. The quantitative estimate of drug-likeness (QED) is 0.877. The molecule has 0 aliphatic carbocycles. The first kappa shape index (κ1) is 14.4. The first-order valence-corrected chi connectivity index (χ1v) is 6.14. The van der Waals surface area contributed by atoms with Gasteiger partial charge in [0.2, 0.25) is 0 Å². The molecule has 1 amide bonds. The van der Waals surface area contributed by atoms with Crippen LogP contribution < -0.4 is 10.2 Å². The van der Waals surface area contributed by atoms with Gasteiger partial charge in [-0.05, 0) is 25.0 Å². The fourth-order valence-electron chi connectivity index (χ4n) is 2.17. The maximum atomic E-state index is 12.4. The van der Waals surface area contributed by atoms with E-state index in [4.69, 9.17) is 5.11 Å². The van der Waals surface area contributed by atoms with Gasteiger partial charge >= 0.3 is 12.3 Å². The van der Waals surface area contributed by atoms with E-state index in [1.54, 1.807) is 0 Å². The third kappa shape index (κ3) is 3.52. The van der Waals surface area contributed by atoms with Crippen molar-refractivity contribution in [1.82, 2.24) is 10.3 Å². The smallest absolute Gasteiger partial charge is 0.417 e. The lowest BCUT2D eigenvalue weighted by Crippen LogP contribution is -2.44. The number of piperidine rings is 1. The van der Waals surface area contributed by atoms with Crippen LogP contribution in [0.4, 0.5) is 23.8 Å². The Labute approximate surface area is 113 Å². The number of anilines is 1. The highest BCUT2D eigenvalue weighted by atomic mass is 19.4. The van der Waals surface area contributed by atoms with Gasteiger partial charge in [0.25, 0.3) is 0 Å². The van der Waals surface area contributed by atoms with Crippen LogP contribution in [0.25, 0.3) is 0 Å². The molecule has 0 aromatic carbocycles. The van der Waals surface area contributed by atoms with Crippen LogP contribution in [0.1, 0.15) is 18.4 Å². The van der Waals surface area contributed by atoms with E-state index in [1.165, 1.54) is 6.07 Å². The first-order valence-electron chi connectivity index (χ1n) is 6.14. The average Bonchev–Trinajstić information content (AvgIpc) is 2.38. The Bertz CT molecular complexity index is 468. The molecule has 1 saturated heterocycles. The highest BCUT2D eigenvalue weighted by molar-refractivity contribution is 5.64. The van der Waals surface area contributed by atoms with Gasteiger partial charge in [-0.3, -0.25) is 0 Å². The van der Waals surface area contributed by atoms with Crippen molar-refractivity contribution >= 4 is 11.9 Å². The molecule has 1 fully saturated rings. The molecule has 1 aliphatic heterocycles. The van der Waals surface area contributed by atoms with Crippen molar-refractivity contribution in [2.75, 3.05) is 18.0 Å². The van der Waals surface area contributed by atoms with Gasteiger partial charge in [-0.15, -0.1) is 0 Å². The van der Waals surface area contributed by atoms with Crippen molar-refractivity contribution in [3.63, 3.8) is 0 Å². The van der Waals surface area contributed by atoms with E-state index in [9.17, 15) is 18.0 Å². The van der Waals surface area contributed by atoms with Gasteiger partial charge in [0.15, 0.2) is 0 Å². The van der Waals surface area contributed by atoms with Gasteiger partial charge in [-0.2, -0.15) is 13.2 Å². The average molecular weight is 289 g/mol. The minimum absolute atomic E-state index is 0.113. The largest absolute Gasteiger partial charge is 0.465 e. The molecule has 1 aromatic heterocycles. The monoisotopic (exact) mass is 289 g/mol. The zero-order valence-corrected chi connectivity index (χ0v) is 10.5. The predicted octanol–water partition coefficient (Wildman–Crippen LogP) is 2.34. The van der Waals surface area contributed by atoms with Crippen LogP contribution in [0.5, 0.6) is 0 Å². The number of halogens is 3. The number of nitrogens with zero attached hydrogens (tertiary/aromatic N) is 2. The highest BCUT2D eigenvalue weighted by Crippen LogP contribution is 2.29. The van der Waals surface area contributed by atoms with Gasteiger partial charge in [0, 0.05) is 25.3 Å². The molecule has 2 heterocycles. The van der Waals surface area contributed by atoms with Crippen molar-refractivity contribution in [2.24, 2.45) is 0 Å². The summed E-state index contributed by atoms with van der Waals surface area (Å²) < 4.78 is 37.3. The summed E-state index contributed by atoms with van der Waals surface area (Å²) in [7, 11) is 0. The fourth-order valence-corrected chi connectivity index (χ4v) is 2.17. The number of alkyl halides is 3. The number of amides is 1. The molecular formula is C12H14F3N3O2. The van der Waals surface area contributed by atoms with Gasteiger partial charge in [-0.25, -0.2) is 9.78 Å². The normalized spacial score (nSPS) is 17.1. The lowest BCUT2D eigenvalue weighted by Gasteiger charge is -2.32. The molecule has 8 heteroatoms. The summed E-state index contributed by atoms with van der Waals surface area (Å²) in [5.41, 5.74) is -0.774. The number of hydrogen-bond donors (Lipinski definition) is 2. The lowest BCUT2D eigenvalue weighted by atomic mass is 10.1. The molecule has 0 unspecified atom stereocenters. The lowest BCUT2D eigenvalue weighted by molar-refractivity contribution is -0.137. The second kappa shape index (κ2) is 5.56. The molecule has 2 rings (SSSR count). The van der Waals surface area contributed by atoms with E-state index in [2.05, 4.69) is 10.3 Å². The molecule has 1 aliphatic rings. The van der Waals surface area contributed by atoms with Crippen molar-refractivity contribution in [3.8, 4) is 0 Å². The third-order valence-corrected chi connectivity index (χ3v) is 3.22. The van der Waals surface area contributed by atoms with Crippen molar-refractivity contribution in [1.29, 1.82) is 0 Å². The second-order valence-electron chi connectivity index (χ2n) is 4.61. The Morgan fingerprint density at radius 3 is 2.45 bits per heavy atom. The van der Waals surface area contributed by atoms with E-state index in [-0.39, 0.29) is 6.04 Å². The topological polar surface area (TPSA) is 65.5 Å². The van der Waals surface area contributed by atoms with E-state index in [0.717, 1.165) is 12.3 Å². The summed E-state index contributed by atoms with van der Waals surface area (Å²) in [4.78, 5) is 16.2. The van der Waals surface area contributed by atoms with Crippen LogP contribution in [0.3, 0.4) is 0 Å². The Morgan fingerprint density at radius 2 is 2.00 bits per heavy atom. The molecule has 1 aromatic rings. The molecule has 2 N–H and O–H groups in total. The van der Waals surface area contributed by atoms with E-state index < -0.39 is 17.8 Å². The zero-order valence-electron chi connectivity index (χ0n) is 10.5. The van der Waals surface area contributed by atoms with E-state index in [0.29, 0.717) is 31.7 Å². The van der Waals surface area contributed by atoms with E-state index >= 15 is 0 Å². The summed E-state index contributed by atoms with van der Waals surface area (Å²) in [5.74, 6) is 0.478. The van der Waals surface area contributed by atoms with Crippen molar-refractivity contribution in [3.05, 3.63) is 23.9 Å². The number of hydrogen-bond acceptors (Lipinski definition) is 3. The third-order valence-electron chi connectivity index (χ3n) is 3.22. The molecule has 0 saturated carbocycles. The minimum Gasteiger partial charge on any atom is -0.465 e. The number of aromatic nitrogens is 1. The zero-order chi connectivity index (χ0) is 14.8. The van der Waals surface area contributed by atoms with Gasteiger partial charge in [-0.1, -0.05) is 0 Å². The summed E-state index contributed by atoms with van der Waals surface area (Å²) in [5, 5.41) is 11.0. The number of carbonyl (C=O) groups is 1. The highest BCUT2D eigenvalue weighted by Gasteiger charge is 2.31. The standard InChI is InChI=1S/C12H14F3N3O2/c13-12(14,15)8-1-2-10(16-7-8)18-5-3-9(4-6-18)17-11(19)20/h1-2,7,9,17H,3-6H2,(H,19,20). The Hall–Kier alpha value is -1.99. The molecule has 0 radical (unpaired) electrons. The van der Waals surface area contributed by atoms with Crippen LogP contribution in [0.15, 0.2) is 18.3 Å². The van der Waals surface area contributed by atoms with Crippen molar-refractivity contribution < 1.29 is 23.1 Å². The molecule has 0 bridgehead atoms. The minimum atomic E-state index is -4.38. The van der Waals surface area contributed by atoms with Crippen LogP contribution in [-0.2, 0) is 6.18 Å². The number of nitrogens with one attached hydrogen (secondary N) is 1. The van der Waals surface area contributed by atoms with Gasteiger partial charge in [0.05, 0.1) is 5.56 Å². The summed E-state index contributed by atoms with van der Waals surface area (Å²) in [6.45, 7) is 1.12. The van der Waals surface area contributed by atoms with Crippen LogP contribution in [0, 0.1) is 0 Å². The predicted molar refractivity (Wildman–Crippen MR) is 65.6 cm³/mol. The molecule has 20 heavy (non-hydrogen) atoms. The maximum absolute atomic E-state index is 12.4. The van der Waals surface area contributed by atoms with Crippen LogP contribution in [-0.4, -0.2) is 35.3 Å². The first-order chi connectivity index (χ1) is 9.36. The number of pyridine rings is 1. The fraction of sp³-hybridized carbons (Fsp3) is 0.500. The van der Waals surface area contributed by atoms with Gasteiger partial charge < -0.3 is 15.3 Å².